The highest BCUT2D eigenvalue weighted by molar-refractivity contribution is 5.83. The molecule has 8 nitrogen and oxygen atoms in total. The number of hydrogen-bond acceptors (Lipinski definition) is 5. The third-order valence-corrected chi connectivity index (χ3v) is 4.90. The zero-order valence-corrected chi connectivity index (χ0v) is 14.5. The minimum atomic E-state index is -0.603. The zero-order valence-electron chi connectivity index (χ0n) is 14.5. The van der Waals surface area contributed by atoms with Crippen molar-refractivity contribution in [1.82, 2.24) is 24.6 Å². The van der Waals surface area contributed by atoms with Gasteiger partial charge in [0.25, 0.3) is 5.91 Å². The molecule has 0 unspecified atom stereocenters. The molecule has 4 rings (SSSR count). The summed E-state index contributed by atoms with van der Waals surface area (Å²) >= 11 is 0. The van der Waals surface area contributed by atoms with Crippen molar-refractivity contribution in [2.24, 2.45) is 0 Å². The lowest BCUT2D eigenvalue weighted by Crippen LogP contribution is -2.53. The van der Waals surface area contributed by atoms with Crippen LogP contribution in [0, 0.1) is 0 Å². The van der Waals surface area contributed by atoms with Gasteiger partial charge in [0.2, 0.25) is 5.91 Å². The second-order valence-corrected chi connectivity index (χ2v) is 6.57. The van der Waals surface area contributed by atoms with Crippen LogP contribution >= 0.6 is 0 Å². The fraction of sp³-hybridized carbons (Fsp3) is 0.444. The van der Waals surface area contributed by atoms with E-state index in [4.69, 9.17) is 4.74 Å². The molecule has 3 heterocycles. The van der Waals surface area contributed by atoms with Gasteiger partial charge in [0.05, 0.1) is 13.2 Å². The van der Waals surface area contributed by atoms with Crippen molar-refractivity contribution in [2.75, 3.05) is 26.2 Å². The van der Waals surface area contributed by atoms with E-state index in [2.05, 4.69) is 22.2 Å². The molecule has 136 valence electrons. The van der Waals surface area contributed by atoms with Gasteiger partial charge in [-0.3, -0.25) is 9.59 Å². The molecule has 0 bridgehead atoms. The molecule has 0 aliphatic carbocycles. The quantitative estimate of drug-likeness (QED) is 0.780. The summed E-state index contributed by atoms with van der Waals surface area (Å²) in [6.45, 7) is 2.54. The fourth-order valence-electron chi connectivity index (χ4n) is 3.47. The molecule has 2 aromatic rings. The second-order valence-electron chi connectivity index (χ2n) is 6.57. The molecule has 1 aromatic heterocycles. The Bertz CT molecular complexity index is 792. The first-order chi connectivity index (χ1) is 12.7. The molecular formula is C18H21N5O3. The first-order valence-corrected chi connectivity index (χ1v) is 8.78. The first kappa shape index (κ1) is 16.7. The van der Waals surface area contributed by atoms with Crippen molar-refractivity contribution < 1.29 is 14.3 Å². The molecule has 1 aromatic carbocycles. The number of benzene rings is 1. The topological polar surface area (TPSA) is 80.6 Å². The smallest absolute Gasteiger partial charge is 0.253 e. The lowest BCUT2D eigenvalue weighted by Gasteiger charge is -2.36. The summed E-state index contributed by atoms with van der Waals surface area (Å²) in [5.74, 6) is -0.127. The fourth-order valence-corrected chi connectivity index (χ4v) is 3.47. The summed E-state index contributed by atoms with van der Waals surface area (Å²) < 4.78 is 7.16. The normalized spacial score (nSPS) is 19.9. The molecule has 0 saturated carbocycles. The van der Waals surface area contributed by atoms with Gasteiger partial charge < -0.3 is 14.5 Å². The Labute approximate surface area is 151 Å². The van der Waals surface area contributed by atoms with Crippen molar-refractivity contribution in [2.45, 2.75) is 25.6 Å². The highest BCUT2D eigenvalue weighted by atomic mass is 16.5. The third kappa shape index (κ3) is 3.45. The molecule has 1 saturated heterocycles. The van der Waals surface area contributed by atoms with E-state index in [0.717, 1.165) is 6.42 Å². The number of carbonyl (C=O) groups is 2. The monoisotopic (exact) mass is 355 g/mol. The van der Waals surface area contributed by atoms with E-state index in [-0.39, 0.29) is 24.9 Å². The Kier molecular flexibility index (Phi) is 4.66. The van der Waals surface area contributed by atoms with E-state index < -0.39 is 6.10 Å². The molecule has 1 atom stereocenters. The maximum Gasteiger partial charge on any atom is 0.253 e. The average molecular weight is 355 g/mol. The first-order valence-electron chi connectivity index (χ1n) is 8.78. The number of aromatic nitrogens is 3. The van der Waals surface area contributed by atoms with Gasteiger partial charge in [-0.25, -0.2) is 9.67 Å². The van der Waals surface area contributed by atoms with Crippen LogP contribution in [0.3, 0.4) is 0 Å². The van der Waals surface area contributed by atoms with Gasteiger partial charge in [0, 0.05) is 19.6 Å². The maximum atomic E-state index is 12.9. The van der Waals surface area contributed by atoms with Crippen LogP contribution in [0.1, 0.15) is 11.1 Å². The van der Waals surface area contributed by atoms with Crippen molar-refractivity contribution in [3.63, 3.8) is 0 Å². The lowest BCUT2D eigenvalue weighted by atomic mass is 9.99. The Balaban J connectivity index is 1.38. The summed E-state index contributed by atoms with van der Waals surface area (Å²) in [6, 6.07) is 8.19. The van der Waals surface area contributed by atoms with E-state index in [1.54, 1.807) is 4.90 Å². The number of rotatable bonds is 3. The molecule has 0 radical (unpaired) electrons. The standard InChI is InChI=1S/C18H21N5O3/c24-17(11-23-13-19-12-20-23)21-7-8-26-16(10-21)18(25)22-6-5-14-3-1-2-4-15(14)9-22/h1-4,12-13,16H,5-11H2/t16-/m0/s1. The number of nitrogens with zero attached hydrogens (tertiary/aromatic N) is 5. The largest absolute Gasteiger partial charge is 0.365 e. The van der Waals surface area contributed by atoms with Crippen molar-refractivity contribution in [3.05, 3.63) is 48.0 Å². The van der Waals surface area contributed by atoms with Gasteiger partial charge >= 0.3 is 0 Å². The number of morpholine rings is 1. The van der Waals surface area contributed by atoms with Crippen LogP contribution in [0.4, 0.5) is 0 Å². The summed E-state index contributed by atoms with van der Waals surface area (Å²) in [5.41, 5.74) is 2.48. The van der Waals surface area contributed by atoms with Crippen LogP contribution in [-0.2, 0) is 33.8 Å². The highest BCUT2D eigenvalue weighted by Gasteiger charge is 2.33. The SMILES string of the molecule is O=C(Cn1cncn1)N1CCO[C@H](C(=O)N2CCc3ccccc3C2)C1. The van der Waals surface area contributed by atoms with E-state index in [1.807, 2.05) is 17.0 Å². The number of amides is 2. The van der Waals surface area contributed by atoms with Crippen molar-refractivity contribution >= 4 is 11.8 Å². The van der Waals surface area contributed by atoms with E-state index in [0.29, 0.717) is 26.2 Å². The van der Waals surface area contributed by atoms with Gasteiger partial charge in [-0.15, -0.1) is 0 Å². The summed E-state index contributed by atoms with van der Waals surface area (Å²) in [6.07, 6.45) is 3.15. The Morgan fingerprint density at radius 3 is 2.81 bits per heavy atom. The zero-order chi connectivity index (χ0) is 17.9. The van der Waals surface area contributed by atoms with E-state index in [9.17, 15) is 9.59 Å². The van der Waals surface area contributed by atoms with Crippen LogP contribution in [0.15, 0.2) is 36.9 Å². The molecule has 2 aliphatic rings. The Morgan fingerprint density at radius 2 is 2.00 bits per heavy atom. The van der Waals surface area contributed by atoms with Gasteiger partial charge in [-0.05, 0) is 17.5 Å². The van der Waals surface area contributed by atoms with E-state index in [1.165, 1.54) is 28.5 Å². The second kappa shape index (κ2) is 7.25. The molecular weight excluding hydrogens is 334 g/mol. The minimum absolute atomic E-state index is 0.0437. The Morgan fingerprint density at radius 1 is 1.15 bits per heavy atom. The van der Waals surface area contributed by atoms with Crippen LogP contribution < -0.4 is 0 Å². The van der Waals surface area contributed by atoms with Crippen molar-refractivity contribution in [1.29, 1.82) is 0 Å². The Hall–Kier alpha value is -2.74. The molecule has 0 spiro atoms. The molecule has 26 heavy (non-hydrogen) atoms. The number of ether oxygens (including phenoxy) is 1. The predicted octanol–water partition coefficient (Wildman–Crippen LogP) is 0.0904. The van der Waals surface area contributed by atoms with Crippen molar-refractivity contribution in [3.8, 4) is 0 Å². The summed E-state index contributed by atoms with van der Waals surface area (Å²) in [4.78, 5) is 32.7. The van der Waals surface area contributed by atoms with Gasteiger partial charge in [0.15, 0.2) is 6.10 Å². The van der Waals surface area contributed by atoms with Crippen LogP contribution in [0.2, 0.25) is 0 Å². The highest BCUT2D eigenvalue weighted by Crippen LogP contribution is 2.20. The molecule has 8 heteroatoms. The van der Waals surface area contributed by atoms with Crippen LogP contribution in [-0.4, -0.2) is 68.7 Å². The molecule has 2 amide bonds. The van der Waals surface area contributed by atoms with Gasteiger partial charge in [0.1, 0.15) is 19.2 Å². The molecule has 2 aliphatic heterocycles. The number of hydrogen-bond donors (Lipinski definition) is 0. The molecule has 0 N–H and O–H groups in total. The van der Waals surface area contributed by atoms with Crippen LogP contribution in [0.5, 0.6) is 0 Å². The maximum absolute atomic E-state index is 12.9. The summed E-state index contributed by atoms with van der Waals surface area (Å²) in [5, 5.41) is 3.95. The third-order valence-electron chi connectivity index (χ3n) is 4.90. The average Bonchev–Trinajstić information content (AvgIpc) is 3.20. The molecule has 1 fully saturated rings. The predicted molar refractivity (Wildman–Crippen MR) is 91.9 cm³/mol. The minimum Gasteiger partial charge on any atom is -0.365 e. The van der Waals surface area contributed by atoms with Crippen LogP contribution in [0.25, 0.3) is 0 Å². The van der Waals surface area contributed by atoms with E-state index >= 15 is 0 Å². The summed E-state index contributed by atoms with van der Waals surface area (Å²) in [7, 11) is 0. The number of fused-ring (bicyclic) bond motifs is 1. The number of carbonyl (C=O) groups excluding carboxylic acids is 2. The van der Waals surface area contributed by atoms with Gasteiger partial charge in [-0.1, -0.05) is 24.3 Å². The lowest BCUT2D eigenvalue weighted by molar-refractivity contribution is -0.155. The van der Waals surface area contributed by atoms with Gasteiger partial charge in [-0.2, -0.15) is 5.10 Å².